The highest BCUT2D eigenvalue weighted by Gasteiger charge is 2.24. The molecular weight excluding hydrogens is 218 g/mol. The summed E-state index contributed by atoms with van der Waals surface area (Å²) < 4.78 is 5.31. The molecule has 0 spiro atoms. The van der Waals surface area contributed by atoms with Crippen LogP contribution in [0.2, 0.25) is 0 Å². The van der Waals surface area contributed by atoms with Gasteiger partial charge in [0.2, 0.25) is 0 Å². The fourth-order valence-corrected chi connectivity index (χ4v) is 2.40. The monoisotopic (exact) mass is 237 g/mol. The van der Waals surface area contributed by atoms with Gasteiger partial charge in [-0.3, -0.25) is 9.69 Å². The highest BCUT2D eigenvalue weighted by molar-refractivity contribution is 5.67. The maximum absolute atomic E-state index is 10.8. The maximum Gasteiger partial charge on any atom is 0.303 e. The van der Waals surface area contributed by atoms with Gasteiger partial charge in [-0.2, -0.15) is 0 Å². The minimum atomic E-state index is -0.720. The molecule has 0 amide bonds. The molecule has 2 unspecified atom stereocenters. The molecule has 0 aromatic carbocycles. The van der Waals surface area contributed by atoms with Crippen molar-refractivity contribution in [2.75, 3.05) is 32.8 Å². The molecule has 1 aliphatic carbocycles. The fourth-order valence-electron chi connectivity index (χ4n) is 2.40. The van der Waals surface area contributed by atoms with E-state index in [0.29, 0.717) is 5.92 Å². The SMILES string of the molecule is O=C(O)CC1C=CC=CC1CN1CCOCC1. The number of hydrogen-bond donors (Lipinski definition) is 1. The lowest BCUT2D eigenvalue weighted by Gasteiger charge is -2.32. The summed E-state index contributed by atoms with van der Waals surface area (Å²) in [5.74, 6) is -0.281. The van der Waals surface area contributed by atoms with Crippen molar-refractivity contribution in [3.63, 3.8) is 0 Å². The number of allylic oxidation sites excluding steroid dienone is 3. The summed E-state index contributed by atoms with van der Waals surface area (Å²) in [6.45, 7) is 4.41. The number of carboxylic acid groups (broad SMARTS) is 1. The van der Waals surface area contributed by atoms with E-state index in [2.05, 4.69) is 11.0 Å². The van der Waals surface area contributed by atoms with Gasteiger partial charge in [-0.05, 0) is 11.8 Å². The van der Waals surface area contributed by atoms with Gasteiger partial charge in [0.25, 0.3) is 0 Å². The standard InChI is InChI=1S/C13H19NO3/c15-13(16)9-11-3-1-2-4-12(11)10-14-5-7-17-8-6-14/h1-4,11-12H,5-10H2,(H,15,16). The second-order valence-corrected chi connectivity index (χ2v) is 4.61. The smallest absolute Gasteiger partial charge is 0.303 e. The van der Waals surface area contributed by atoms with Gasteiger partial charge in [-0.15, -0.1) is 0 Å². The van der Waals surface area contributed by atoms with Crippen molar-refractivity contribution in [3.05, 3.63) is 24.3 Å². The summed E-state index contributed by atoms with van der Waals surface area (Å²) in [6, 6.07) is 0. The first kappa shape index (κ1) is 12.3. The fraction of sp³-hybridized carbons (Fsp3) is 0.615. The molecule has 4 nitrogen and oxygen atoms in total. The van der Waals surface area contributed by atoms with Gasteiger partial charge in [-0.25, -0.2) is 0 Å². The number of ether oxygens (including phenoxy) is 1. The second-order valence-electron chi connectivity index (χ2n) is 4.61. The highest BCUT2D eigenvalue weighted by atomic mass is 16.5. The van der Waals surface area contributed by atoms with E-state index in [1.807, 2.05) is 18.2 Å². The topological polar surface area (TPSA) is 49.8 Å². The maximum atomic E-state index is 10.8. The van der Waals surface area contributed by atoms with E-state index < -0.39 is 5.97 Å². The molecule has 94 valence electrons. The van der Waals surface area contributed by atoms with Crippen LogP contribution in [0.1, 0.15) is 6.42 Å². The Hall–Kier alpha value is -1.13. The second kappa shape index (κ2) is 5.98. The van der Waals surface area contributed by atoms with Crippen LogP contribution in [0.25, 0.3) is 0 Å². The van der Waals surface area contributed by atoms with E-state index in [1.165, 1.54) is 0 Å². The molecule has 1 saturated heterocycles. The van der Waals surface area contributed by atoms with Gasteiger partial charge in [0.1, 0.15) is 0 Å². The van der Waals surface area contributed by atoms with Gasteiger partial charge in [0, 0.05) is 19.6 Å². The summed E-state index contributed by atoms with van der Waals surface area (Å²) in [7, 11) is 0. The molecule has 0 bridgehead atoms. The molecule has 2 rings (SSSR count). The number of rotatable bonds is 4. The third kappa shape index (κ3) is 3.68. The zero-order valence-corrected chi connectivity index (χ0v) is 9.92. The normalized spacial score (nSPS) is 29.4. The molecular formula is C13H19NO3. The molecule has 0 aromatic heterocycles. The molecule has 4 heteroatoms. The van der Waals surface area contributed by atoms with Crippen LogP contribution in [0.5, 0.6) is 0 Å². The molecule has 1 fully saturated rings. The third-order valence-electron chi connectivity index (χ3n) is 3.36. The number of aliphatic carboxylic acids is 1. The van der Waals surface area contributed by atoms with E-state index in [-0.39, 0.29) is 12.3 Å². The number of hydrogen-bond acceptors (Lipinski definition) is 3. The summed E-state index contributed by atoms with van der Waals surface area (Å²) in [4.78, 5) is 13.2. The van der Waals surface area contributed by atoms with Crippen molar-refractivity contribution in [1.29, 1.82) is 0 Å². The van der Waals surface area contributed by atoms with Crippen LogP contribution in [-0.2, 0) is 9.53 Å². The van der Waals surface area contributed by atoms with Crippen molar-refractivity contribution in [1.82, 2.24) is 4.90 Å². The Balaban J connectivity index is 1.90. The quantitative estimate of drug-likeness (QED) is 0.797. The zero-order chi connectivity index (χ0) is 12.1. The summed E-state index contributed by atoms with van der Waals surface area (Å²) in [6.07, 6.45) is 8.32. The van der Waals surface area contributed by atoms with Crippen LogP contribution in [0.4, 0.5) is 0 Å². The van der Waals surface area contributed by atoms with E-state index in [0.717, 1.165) is 32.8 Å². The summed E-state index contributed by atoms with van der Waals surface area (Å²) in [5, 5.41) is 8.90. The van der Waals surface area contributed by atoms with Crippen LogP contribution in [0.3, 0.4) is 0 Å². The first-order valence-electron chi connectivity index (χ1n) is 6.12. The lowest BCUT2D eigenvalue weighted by molar-refractivity contribution is -0.138. The number of nitrogens with zero attached hydrogens (tertiary/aromatic N) is 1. The van der Waals surface area contributed by atoms with Crippen LogP contribution in [-0.4, -0.2) is 48.8 Å². The average molecular weight is 237 g/mol. The van der Waals surface area contributed by atoms with Crippen molar-refractivity contribution < 1.29 is 14.6 Å². The Morgan fingerprint density at radius 2 is 1.88 bits per heavy atom. The van der Waals surface area contributed by atoms with Crippen molar-refractivity contribution in [2.45, 2.75) is 6.42 Å². The van der Waals surface area contributed by atoms with E-state index in [4.69, 9.17) is 9.84 Å². The van der Waals surface area contributed by atoms with Crippen LogP contribution < -0.4 is 0 Å². The predicted octanol–water partition coefficient (Wildman–Crippen LogP) is 1.15. The lowest BCUT2D eigenvalue weighted by atomic mass is 9.85. The molecule has 1 N–H and O–H groups in total. The minimum absolute atomic E-state index is 0.125. The Labute approximate surface area is 102 Å². The number of morpholine rings is 1. The molecule has 2 aliphatic rings. The van der Waals surface area contributed by atoms with Gasteiger partial charge in [0.15, 0.2) is 0 Å². The summed E-state index contributed by atoms with van der Waals surface area (Å²) >= 11 is 0. The first-order valence-corrected chi connectivity index (χ1v) is 6.12. The molecule has 1 heterocycles. The molecule has 17 heavy (non-hydrogen) atoms. The Morgan fingerprint density at radius 1 is 1.24 bits per heavy atom. The van der Waals surface area contributed by atoms with Crippen LogP contribution in [0, 0.1) is 11.8 Å². The van der Waals surface area contributed by atoms with Gasteiger partial charge in [0.05, 0.1) is 19.6 Å². The summed E-state index contributed by atoms with van der Waals surface area (Å²) in [5.41, 5.74) is 0. The largest absolute Gasteiger partial charge is 0.481 e. The predicted molar refractivity (Wildman–Crippen MR) is 64.8 cm³/mol. The van der Waals surface area contributed by atoms with Crippen molar-refractivity contribution in [2.24, 2.45) is 11.8 Å². The molecule has 2 atom stereocenters. The van der Waals surface area contributed by atoms with Crippen LogP contribution >= 0.6 is 0 Å². The molecule has 0 saturated carbocycles. The first-order chi connectivity index (χ1) is 8.25. The highest BCUT2D eigenvalue weighted by Crippen LogP contribution is 2.24. The zero-order valence-electron chi connectivity index (χ0n) is 9.92. The molecule has 1 aliphatic heterocycles. The van der Waals surface area contributed by atoms with Crippen molar-refractivity contribution in [3.8, 4) is 0 Å². The molecule has 0 radical (unpaired) electrons. The molecule has 0 aromatic rings. The van der Waals surface area contributed by atoms with E-state index in [1.54, 1.807) is 0 Å². The van der Waals surface area contributed by atoms with E-state index in [9.17, 15) is 4.79 Å². The lowest BCUT2D eigenvalue weighted by Crippen LogP contribution is -2.40. The Kier molecular flexibility index (Phi) is 4.34. The van der Waals surface area contributed by atoms with Crippen molar-refractivity contribution >= 4 is 5.97 Å². The van der Waals surface area contributed by atoms with Crippen LogP contribution in [0.15, 0.2) is 24.3 Å². The number of carbonyl (C=O) groups is 1. The average Bonchev–Trinajstić information content (AvgIpc) is 2.32. The van der Waals surface area contributed by atoms with Gasteiger partial charge >= 0.3 is 5.97 Å². The minimum Gasteiger partial charge on any atom is -0.481 e. The van der Waals surface area contributed by atoms with Gasteiger partial charge < -0.3 is 9.84 Å². The van der Waals surface area contributed by atoms with Gasteiger partial charge in [-0.1, -0.05) is 24.3 Å². The third-order valence-corrected chi connectivity index (χ3v) is 3.36. The van der Waals surface area contributed by atoms with E-state index >= 15 is 0 Å². The Bertz CT molecular complexity index is 319. The Morgan fingerprint density at radius 3 is 2.53 bits per heavy atom. The number of carboxylic acids is 1.